The number of benzene rings is 1. The summed E-state index contributed by atoms with van der Waals surface area (Å²) >= 11 is 0. The van der Waals surface area contributed by atoms with Gasteiger partial charge >= 0.3 is 6.09 Å². The predicted molar refractivity (Wildman–Crippen MR) is 86.0 cm³/mol. The minimum atomic E-state index is -0.768. The quantitative estimate of drug-likeness (QED) is 0.932. The van der Waals surface area contributed by atoms with Crippen molar-refractivity contribution in [1.29, 1.82) is 0 Å². The summed E-state index contributed by atoms with van der Waals surface area (Å²) in [4.78, 5) is 24.5. The number of ketones is 1. The summed E-state index contributed by atoms with van der Waals surface area (Å²) in [5, 5.41) is 0. The molecule has 120 valence electrons. The van der Waals surface area contributed by atoms with E-state index in [1.807, 2.05) is 6.07 Å². The Labute approximate surface area is 131 Å². The topological polar surface area (TPSA) is 72.6 Å². The molecule has 0 aliphatic carbocycles. The van der Waals surface area contributed by atoms with Crippen LogP contribution in [0.25, 0.3) is 0 Å². The molecule has 1 heterocycles. The number of rotatable bonds is 3. The van der Waals surface area contributed by atoms with Crippen molar-refractivity contribution in [2.75, 3.05) is 18.0 Å². The molecule has 1 amide bonds. The Morgan fingerprint density at radius 2 is 1.91 bits per heavy atom. The molecular weight excluding hydrogens is 280 g/mol. The van der Waals surface area contributed by atoms with Crippen LogP contribution in [0, 0.1) is 0 Å². The third kappa shape index (κ3) is 4.00. The van der Waals surface area contributed by atoms with Crippen LogP contribution in [0.15, 0.2) is 18.2 Å². The number of hydrogen-bond donors (Lipinski definition) is 1. The Morgan fingerprint density at radius 1 is 1.27 bits per heavy atom. The zero-order valence-corrected chi connectivity index (χ0v) is 13.5. The van der Waals surface area contributed by atoms with Crippen LogP contribution in [-0.4, -0.2) is 25.0 Å². The minimum Gasteiger partial charge on any atom is -0.445 e. The fourth-order valence-corrected chi connectivity index (χ4v) is 2.70. The summed E-state index contributed by atoms with van der Waals surface area (Å²) in [7, 11) is 0. The summed E-state index contributed by atoms with van der Waals surface area (Å²) in [6.07, 6.45) is 0.447. The summed E-state index contributed by atoms with van der Waals surface area (Å²) in [6, 6.07) is 6.06. The molecule has 22 heavy (non-hydrogen) atoms. The zero-order chi connectivity index (χ0) is 16.3. The normalized spacial score (nSPS) is 15.8. The fourth-order valence-electron chi connectivity index (χ4n) is 2.70. The lowest BCUT2D eigenvalue weighted by Gasteiger charge is -2.34. The first-order valence-corrected chi connectivity index (χ1v) is 7.59. The number of piperidine rings is 1. The second-order valence-corrected chi connectivity index (χ2v) is 6.73. The summed E-state index contributed by atoms with van der Waals surface area (Å²) in [6.45, 7) is 8.16. The maximum atomic E-state index is 11.4. The molecule has 5 heteroatoms. The lowest BCUT2D eigenvalue weighted by molar-refractivity contribution is -0.119. The van der Waals surface area contributed by atoms with E-state index in [4.69, 9.17) is 10.5 Å². The van der Waals surface area contributed by atoms with Crippen molar-refractivity contribution < 1.29 is 14.3 Å². The van der Waals surface area contributed by atoms with Crippen molar-refractivity contribution in [2.24, 2.45) is 5.73 Å². The van der Waals surface area contributed by atoms with Gasteiger partial charge in [-0.25, -0.2) is 4.79 Å². The Hall–Kier alpha value is -2.04. The molecule has 2 rings (SSSR count). The molecule has 0 atom stereocenters. The molecule has 2 N–H and O–H groups in total. The van der Waals surface area contributed by atoms with Gasteiger partial charge in [-0.2, -0.15) is 0 Å². The van der Waals surface area contributed by atoms with Crippen molar-refractivity contribution in [3.63, 3.8) is 0 Å². The van der Waals surface area contributed by atoms with E-state index in [0.717, 1.165) is 24.3 Å². The van der Waals surface area contributed by atoms with E-state index in [1.54, 1.807) is 0 Å². The number of carbonyl (C=O) groups is 2. The van der Waals surface area contributed by atoms with E-state index in [0.29, 0.717) is 18.6 Å². The first-order chi connectivity index (χ1) is 10.3. The van der Waals surface area contributed by atoms with Crippen molar-refractivity contribution in [3.8, 4) is 0 Å². The summed E-state index contributed by atoms with van der Waals surface area (Å²) < 4.78 is 4.88. The fraction of sp³-hybridized carbons (Fsp3) is 0.529. The Kier molecular flexibility index (Phi) is 4.74. The standard InChI is InChI=1S/C17H24N2O3/c1-17(2,3)14-10-12(11-22-16(18)21)4-5-15(14)19-8-6-13(20)7-9-19/h4-5,10H,6-9,11H2,1-3H3,(H2,18,21). The van der Waals surface area contributed by atoms with Gasteiger partial charge in [0.2, 0.25) is 0 Å². The van der Waals surface area contributed by atoms with Crippen molar-refractivity contribution in [3.05, 3.63) is 29.3 Å². The van der Waals surface area contributed by atoms with Crippen LogP contribution in [0.1, 0.15) is 44.7 Å². The predicted octanol–water partition coefficient (Wildman–Crippen LogP) is 2.75. The number of nitrogens with two attached hydrogens (primary N) is 1. The van der Waals surface area contributed by atoms with Crippen molar-refractivity contribution in [2.45, 2.75) is 45.6 Å². The van der Waals surface area contributed by atoms with E-state index in [-0.39, 0.29) is 12.0 Å². The number of anilines is 1. The molecule has 0 spiro atoms. The Bertz CT molecular complexity index is 566. The number of Topliss-reactive ketones (excluding diaryl/α,β-unsaturated/α-hetero) is 1. The van der Waals surface area contributed by atoms with Gasteiger partial charge in [0.25, 0.3) is 0 Å². The number of amides is 1. The highest BCUT2D eigenvalue weighted by atomic mass is 16.5. The van der Waals surface area contributed by atoms with Crippen LogP contribution in [-0.2, 0) is 21.6 Å². The van der Waals surface area contributed by atoms with Crippen LogP contribution in [0.4, 0.5) is 10.5 Å². The highest BCUT2D eigenvalue weighted by molar-refractivity contribution is 5.81. The first kappa shape index (κ1) is 16.3. The van der Waals surface area contributed by atoms with Crippen molar-refractivity contribution in [1.82, 2.24) is 0 Å². The number of hydrogen-bond acceptors (Lipinski definition) is 4. The second-order valence-electron chi connectivity index (χ2n) is 6.73. The summed E-state index contributed by atoms with van der Waals surface area (Å²) in [5.41, 5.74) is 8.24. The molecule has 0 unspecified atom stereocenters. The zero-order valence-electron chi connectivity index (χ0n) is 13.5. The maximum absolute atomic E-state index is 11.4. The van der Waals surface area contributed by atoms with Crippen LogP contribution >= 0.6 is 0 Å². The van der Waals surface area contributed by atoms with Gasteiger partial charge in [0.05, 0.1) is 0 Å². The van der Waals surface area contributed by atoms with Gasteiger partial charge in [0, 0.05) is 31.6 Å². The Balaban J connectivity index is 2.28. The molecule has 1 saturated heterocycles. The van der Waals surface area contributed by atoms with Gasteiger partial charge in [-0.1, -0.05) is 26.8 Å². The van der Waals surface area contributed by atoms with Gasteiger partial charge in [0.15, 0.2) is 0 Å². The third-order valence-electron chi connectivity index (χ3n) is 3.91. The molecule has 5 nitrogen and oxygen atoms in total. The van der Waals surface area contributed by atoms with Crippen LogP contribution in [0.3, 0.4) is 0 Å². The average molecular weight is 304 g/mol. The number of carbonyl (C=O) groups excluding carboxylic acids is 2. The largest absolute Gasteiger partial charge is 0.445 e. The Morgan fingerprint density at radius 3 is 2.45 bits per heavy atom. The van der Waals surface area contributed by atoms with E-state index < -0.39 is 6.09 Å². The number of ether oxygens (including phenoxy) is 1. The van der Waals surface area contributed by atoms with E-state index >= 15 is 0 Å². The maximum Gasteiger partial charge on any atom is 0.404 e. The van der Waals surface area contributed by atoms with E-state index in [1.165, 1.54) is 5.56 Å². The molecule has 0 radical (unpaired) electrons. The summed E-state index contributed by atoms with van der Waals surface area (Å²) in [5.74, 6) is 0.333. The molecule has 1 aromatic rings. The molecule has 0 saturated carbocycles. The SMILES string of the molecule is CC(C)(C)c1cc(COC(N)=O)ccc1N1CCC(=O)CC1. The first-order valence-electron chi connectivity index (χ1n) is 7.59. The van der Waals surface area contributed by atoms with E-state index in [9.17, 15) is 9.59 Å². The molecule has 1 aliphatic heterocycles. The van der Waals surface area contributed by atoms with Gasteiger partial charge in [-0.3, -0.25) is 4.79 Å². The highest BCUT2D eigenvalue weighted by Gasteiger charge is 2.24. The molecule has 1 aliphatic rings. The van der Waals surface area contributed by atoms with Crippen LogP contribution < -0.4 is 10.6 Å². The second kappa shape index (κ2) is 6.38. The molecule has 1 aromatic carbocycles. The molecular formula is C17H24N2O3. The van der Waals surface area contributed by atoms with Gasteiger partial charge in [-0.15, -0.1) is 0 Å². The lowest BCUT2D eigenvalue weighted by atomic mass is 9.84. The minimum absolute atomic E-state index is 0.0421. The van der Waals surface area contributed by atoms with Crippen LogP contribution in [0.5, 0.6) is 0 Å². The number of primary amides is 1. The highest BCUT2D eigenvalue weighted by Crippen LogP contribution is 2.34. The van der Waals surface area contributed by atoms with Crippen LogP contribution in [0.2, 0.25) is 0 Å². The van der Waals surface area contributed by atoms with Gasteiger partial charge in [0.1, 0.15) is 12.4 Å². The number of nitrogens with zero attached hydrogens (tertiary/aromatic N) is 1. The molecule has 0 bridgehead atoms. The average Bonchev–Trinajstić information content (AvgIpc) is 2.45. The van der Waals surface area contributed by atoms with Crippen molar-refractivity contribution >= 4 is 17.6 Å². The van der Waals surface area contributed by atoms with Gasteiger partial charge < -0.3 is 15.4 Å². The molecule has 1 fully saturated rings. The van der Waals surface area contributed by atoms with E-state index in [2.05, 4.69) is 37.8 Å². The third-order valence-corrected chi connectivity index (χ3v) is 3.91. The van der Waals surface area contributed by atoms with Gasteiger partial charge in [-0.05, 0) is 28.7 Å². The lowest BCUT2D eigenvalue weighted by Crippen LogP contribution is -2.35. The smallest absolute Gasteiger partial charge is 0.404 e. The molecule has 0 aromatic heterocycles. The monoisotopic (exact) mass is 304 g/mol.